The first-order valence-corrected chi connectivity index (χ1v) is 10.1. The molecule has 0 fully saturated rings. The largest absolute Gasteiger partial charge is 0.493 e. The van der Waals surface area contributed by atoms with Gasteiger partial charge in [-0.25, -0.2) is 4.39 Å². The Kier molecular flexibility index (Phi) is 7.06. The molecule has 0 bridgehead atoms. The minimum Gasteiger partial charge on any atom is -0.493 e. The van der Waals surface area contributed by atoms with E-state index in [-0.39, 0.29) is 11.1 Å². The third-order valence-corrected chi connectivity index (χ3v) is 5.53. The number of thiophene rings is 1. The quantitative estimate of drug-likeness (QED) is 0.491. The highest BCUT2D eigenvalue weighted by Gasteiger charge is 2.17. The van der Waals surface area contributed by atoms with E-state index in [0.717, 1.165) is 17.4 Å². The lowest BCUT2D eigenvalue weighted by molar-refractivity contribution is 0.0848. The summed E-state index contributed by atoms with van der Waals surface area (Å²) in [6.07, 6.45) is 0. The number of methoxy groups -OCH3 is 2. The molecule has 0 atom stereocenters. The number of benzene rings is 2. The predicted octanol–water partition coefficient (Wildman–Crippen LogP) is 3.54. The van der Waals surface area contributed by atoms with Gasteiger partial charge in [0, 0.05) is 11.1 Å². The number of hydrazine groups is 1. The van der Waals surface area contributed by atoms with E-state index in [1.807, 2.05) is 0 Å². The molecule has 2 aromatic carbocycles. The maximum absolute atomic E-state index is 13.3. The number of halogens is 1. The zero-order valence-corrected chi connectivity index (χ0v) is 18.3. The molecule has 8 nitrogen and oxygen atoms in total. The summed E-state index contributed by atoms with van der Waals surface area (Å²) in [5.74, 6) is -1.28. The van der Waals surface area contributed by atoms with Gasteiger partial charge in [-0.2, -0.15) is 0 Å². The van der Waals surface area contributed by atoms with Crippen LogP contribution in [0.15, 0.2) is 48.5 Å². The monoisotopic (exact) mass is 457 g/mol. The van der Waals surface area contributed by atoms with Crippen molar-refractivity contribution >= 4 is 34.1 Å². The van der Waals surface area contributed by atoms with Gasteiger partial charge in [0.05, 0.1) is 24.1 Å². The molecule has 1 heterocycles. The van der Waals surface area contributed by atoms with Gasteiger partial charge in [-0.1, -0.05) is 6.07 Å². The summed E-state index contributed by atoms with van der Waals surface area (Å²) in [5.41, 5.74) is 5.70. The van der Waals surface area contributed by atoms with Crippen LogP contribution in [0.5, 0.6) is 11.5 Å². The predicted molar refractivity (Wildman–Crippen MR) is 118 cm³/mol. The fourth-order valence-electron chi connectivity index (χ4n) is 2.80. The fraction of sp³-hybridized carbons (Fsp3) is 0.136. The lowest BCUT2D eigenvalue weighted by Gasteiger charge is -2.10. The van der Waals surface area contributed by atoms with Crippen molar-refractivity contribution in [3.05, 3.63) is 75.9 Å². The van der Waals surface area contributed by atoms with Gasteiger partial charge < -0.3 is 14.8 Å². The summed E-state index contributed by atoms with van der Waals surface area (Å²) < 4.78 is 23.6. The van der Waals surface area contributed by atoms with Crippen molar-refractivity contribution in [3.8, 4) is 11.5 Å². The van der Waals surface area contributed by atoms with Crippen LogP contribution in [0, 0.1) is 12.7 Å². The topological polar surface area (TPSA) is 106 Å². The van der Waals surface area contributed by atoms with Gasteiger partial charge in [0.1, 0.15) is 5.82 Å². The maximum Gasteiger partial charge on any atom is 0.280 e. The molecule has 3 N–H and O–H groups in total. The molecule has 0 unspecified atom stereocenters. The van der Waals surface area contributed by atoms with Crippen LogP contribution in [0.3, 0.4) is 0 Å². The van der Waals surface area contributed by atoms with Gasteiger partial charge in [-0.3, -0.25) is 25.2 Å². The molecule has 0 saturated heterocycles. The summed E-state index contributed by atoms with van der Waals surface area (Å²) in [7, 11) is 2.93. The van der Waals surface area contributed by atoms with Gasteiger partial charge in [0.2, 0.25) is 0 Å². The van der Waals surface area contributed by atoms with E-state index in [2.05, 4.69) is 16.2 Å². The van der Waals surface area contributed by atoms with Crippen LogP contribution in [0.4, 0.5) is 9.39 Å². The van der Waals surface area contributed by atoms with Crippen molar-refractivity contribution in [3.63, 3.8) is 0 Å². The van der Waals surface area contributed by atoms with Crippen molar-refractivity contribution < 1.29 is 28.2 Å². The molecule has 166 valence electrons. The first-order chi connectivity index (χ1) is 15.3. The highest BCUT2D eigenvalue weighted by atomic mass is 32.1. The second-order valence-electron chi connectivity index (χ2n) is 6.57. The molecule has 3 rings (SSSR count). The summed E-state index contributed by atoms with van der Waals surface area (Å²) in [4.78, 5) is 37.5. The third kappa shape index (κ3) is 5.22. The Morgan fingerprint density at radius 3 is 2.22 bits per heavy atom. The summed E-state index contributed by atoms with van der Waals surface area (Å²) in [6, 6.07) is 11.5. The first kappa shape index (κ1) is 22.8. The molecular formula is C22H20FN3O5S. The number of aryl methyl sites for hydroxylation is 1. The van der Waals surface area contributed by atoms with E-state index in [0.29, 0.717) is 26.9 Å². The molecule has 3 amide bonds. The maximum atomic E-state index is 13.3. The van der Waals surface area contributed by atoms with E-state index in [4.69, 9.17) is 9.47 Å². The average Bonchev–Trinajstić information content (AvgIpc) is 3.16. The lowest BCUT2D eigenvalue weighted by Crippen LogP contribution is -2.41. The number of anilines is 1. The van der Waals surface area contributed by atoms with Crippen LogP contribution < -0.4 is 25.6 Å². The third-order valence-electron chi connectivity index (χ3n) is 4.38. The number of ether oxygens (including phenoxy) is 2. The Morgan fingerprint density at radius 1 is 0.844 bits per heavy atom. The molecule has 0 aliphatic heterocycles. The van der Waals surface area contributed by atoms with Gasteiger partial charge in [-0.05, 0) is 55.0 Å². The van der Waals surface area contributed by atoms with Crippen LogP contribution >= 0.6 is 11.3 Å². The SMILES string of the molecule is COc1ccc(C(=O)NNC(=O)c2sc(NC(=O)c3cccc(F)c3)cc2C)cc1OC. The number of rotatable bonds is 6. The highest BCUT2D eigenvalue weighted by Crippen LogP contribution is 2.28. The normalized spacial score (nSPS) is 10.2. The molecule has 0 aliphatic carbocycles. The molecule has 0 aliphatic rings. The molecular weight excluding hydrogens is 437 g/mol. The number of amides is 3. The van der Waals surface area contributed by atoms with Crippen LogP contribution in [0.1, 0.15) is 36.0 Å². The van der Waals surface area contributed by atoms with Crippen molar-refractivity contribution in [2.45, 2.75) is 6.92 Å². The van der Waals surface area contributed by atoms with Gasteiger partial charge >= 0.3 is 0 Å². The van der Waals surface area contributed by atoms with Crippen molar-refractivity contribution in [1.82, 2.24) is 10.9 Å². The number of hydrogen-bond acceptors (Lipinski definition) is 6. The summed E-state index contributed by atoms with van der Waals surface area (Å²) >= 11 is 1.03. The molecule has 1 aromatic heterocycles. The minimum absolute atomic E-state index is 0.157. The standard InChI is InChI=1S/C22H20FN3O5S/c1-12-9-18(24-20(27)13-5-4-6-15(23)10-13)32-19(12)22(29)26-25-21(28)14-7-8-16(30-2)17(11-14)31-3/h4-11H,1-3H3,(H,24,27)(H,25,28)(H,26,29). The van der Waals surface area contributed by atoms with E-state index < -0.39 is 23.5 Å². The fourth-order valence-corrected chi connectivity index (χ4v) is 3.77. The Balaban J connectivity index is 1.64. The molecule has 3 aromatic rings. The highest BCUT2D eigenvalue weighted by molar-refractivity contribution is 7.18. The molecule has 0 radical (unpaired) electrons. The number of carbonyl (C=O) groups excluding carboxylic acids is 3. The van der Waals surface area contributed by atoms with Crippen molar-refractivity contribution in [2.75, 3.05) is 19.5 Å². The van der Waals surface area contributed by atoms with Crippen LogP contribution in [-0.2, 0) is 0 Å². The number of nitrogens with one attached hydrogen (secondary N) is 3. The van der Waals surface area contributed by atoms with Crippen LogP contribution in [0.25, 0.3) is 0 Å². The van der Waals surface area contributed by atoms with Crippen LogP contribution in [-0.4, -0.2) is 31.9 Å². The van der Waals surface area contributed by atoms with Gasteiger partial charge in [0.15, 0.2) is 11.5 Å². The van der Waals surface area contributed by atoms with Gasteiger partial charge in [0.25, 0.3) is 17.7 Å². The van der Waals surface area contributed by atoms with E-state index >= 15 is 0 Å². The smallest absolute Gasteiger partial charge is 0.280 e. The van der Waals surface area contributed by atoms with Crippen molar-refractivity contribution in [2.24, 2.45) is 0 Å². The Bertz CT molecular complexity index is 1180. The average molecular weight is 457 g/mol. The first-order valence-electron chi connectivity index (χ1n) is 9.32. The zero-order valence-electron chi connectivity index (χ0n) is 17.4. The van der Waals surface area contributed by atoms with Crippen LogP contribution in [0.2, 0.25) is 0 Å². The lowest BCUT2D eigenvalue weighted by atomic mass is 10.2. The Labute approximate surface area is 187 Å². The molecule has 0 saturated carbocycles. The molecule has 32 heavy (non-hydrogen) atoms. The summed E-state index contributed by atoms with van der Waals surface area (Å²) in [5, 5.41) is 3.05. The second kappa shape index (κ2) is 9.92. The van der Waals surface area contributed by atoms with E-state index in [9.17, 15) is 18.8 Å². The number of carbonyl (C=O) groups is 3. The van der Waals surface area contributed by atoms with Gasteiger partial charge in [-0.15, -0.1) is 11.3 Å². The Morgan fingerprint density at radius 2 is 1.53 bits per heavy atom. The molecule has 10 heteroatoms. The second-order valence-corrected chi connectivity index (χ2v) is 7.62. The van der Waals surface area contributed by atoms with E-state index in [1.54, 1.807) is 19.1 Å². The zero-order chi connectivity index (χ0) is 23.3. The molecule has 0 spiro atoms. The number of hydrogen-bond donors (Lipinski definition) is 3. The van der Waals surface area contributed by atoms with E-state index in [1.165, 1.54) is 44.6 Å². The minimum atomic E-state index is -0.549. The summed E-state index contributed by atoms with van der Waals surface area (Å²) in [6.45, 7) is 1.69. The van der Waals surface area contributed by atoms with Crippen molar-refractivity contribution in [1.29, 1.82) is 0 Å². The Hall–Kier alpha value is -3.92.